The van der Waals surface area contributed by atoms with E-state index in [1.165, 1.54) is 23.1 Å². The Balaban J connectivity index is 1.46. The van der Waals surface area contributed by atoms with Gasteiger partial charge >= 0.3 is 6.36 Å². The second kappa shape index (κ2) is 7.66. The Morgan fingerprint density at radius 1 is 1.10 bits per heavy atom. The average Bonchev–Trinajstić information content (AvgIpc) is 3.01. The van der Waals surface area contributed by atoms with Crippen molar-refractivity contribution in [1.29, 1.82) is 0 Å². The van der Waals surface area contributed by atoms with Crippen molar-refractivity contribution in [1.82, 2.24) is 5.32 Å². The van der Waals surface area contributed by atoms with E-state index in [0.717, 1.165) is 24.8 Å². The van der Waals surface area contributed by atoms with Crippen LogP contribution in [0.5, 0.6) is 5.75 Å². The number of carbonyl (C=O) groups excluding carboxylic acids is 2. The number of hydrogen-bond acceptors (Lipinski definition) is 3. The molecular weight excluding hydrogens is 397 g/mol. The highest BCUT2D eigenvalue weighted by Gasteiger charge is 2.47. The third-order valence-corrected chi connectivity index (χ3v) is 5.84. The summed E-state index contributed by atoms with van der Waals surface area (Å²) >= 11 is 0. The minimum atomic E-state index is -4.81. The van der Waals surface area contributed by atoms with Gasteiger partial charge in [0.2, 0.25) is 11.8 Å². The maximum atomic E-state index is 13.1. The van der Waals surface area contributed by atoms with Crippen molar-refractivity contribution < 1.29 is 27.5 Å². The molecule has 1 aliphatic carbocycles. The van der Waals surface area contributed by atoms with Gasteiger partial charge in [0.05, 0.1) is 5.41 Å². The fourth-order valence-electron chi connectivity index (χ4n) is 4.15. The smallest absolute Gasteiger partial charge is 0.406 e. The van der Waals surface area contributed by atoms with Crippen LogP contribution < -0.4 is 15.0 Å². The molecule has 2 aromatic rings. The number of nitrogens with zero attached hydrogens (tertiary/aromatic N) is 1. The average molecular weight is 418 g/mol. The maximum absolute atomic E-state index is 13.1. The molecule has 1 N–H and O–H groups in total. The van der Waals surface area contributed by atoms with E-state index in [9.17, 15) is 22.8 Å². The molecule has 5 nitrogen and oxygen atoms in total. The van der Waals surface area contributed by atoms with Crippen LogP contribution >= 0.6 is 0 Å². The third kappa shape index (κ3) is 3.86. The monoisotopic (exact) mass is 418 g/mol. The number of nitrogens with one attached hydrogen (secondary N) is 1. The van der Waals surface area contributed by atoms with E-state index in [-0.39, 0.29) is 11.8 Å². The topological polar surface area (TPSA) is 58.6 Å². The molecule has 158 valence electrons. The molecule has 0 spiro atoms. The standard InChI is InChI=1S/C22H21F3N2O3/c23-22(24,25)30-17-9-4-8-16(14-17)27-13-10-18(19(27)28)26-20(29)21(11-5-12-21)15-6-2-1-3-7-15/h1-4,6-9,14,18H,5,10-13H2,(H,26,29). The van der Waals surface area contributed by atoms with Gasteiger partial charge in [0, 0.05) is 18.3 Å². The maximum Gasteiger partial charge on any atom is 0.573 e. The zero-order chi connectivity index (χ0) is 21.4. The first-order chi connectivity index (χ1) is 14.3. The summed E-state index contributed by atoms with van der Waals surface area (Å²) in [7, 11) is 0. The zero-order valence-electron chi connectivity index (χ0n) is 16.1. The minimum Gasteiger partial charge on any atom is -0.406 e. The van der Waals surface area contributed by atoms with E-state index in [1.807, 2.05) is 30.3 Å². The van der Waals surface area contributed by atoms with E-state index in [2.05, 4.69) is 10.1 Å². The van der Waals surface area contributed by atoms with Crippen LogP contribution in [-0.2, 0) is 15.0 Å². The predicted molar refractivity (Wildman–Crippen MR) is 104 cm³/mol. The molecule has 2 aromatic carbocycles. The summed E-state index contributed by atoms with van der Waals surface area (Å²) in [6.45, 7) is 0.303. The summed E-state index contributed by atoms with van der Waals surface area (Å²) in [4.78, 5) is 27.3. The summed E-state index contributed by atoms with van der Waals surface area (Å²) in [6, 6.07) is 14.1. The molecule has 2 amide bonds. The lowest BCUT2D eigenvalue weighted by Crippen LogP contribution is -2.53. The highest BCUT2D eigenvalue weighted by atomic mass is 19.4. The number of hydrogen-bond donors (Lipinski definition) is 1. The zero-order valence-corrected chi connectivity index (χ0v) is 16.1. The molecule has 1 aliphatic heterocycles. The summed E-state index contributed by atoms with van der Waals surface area (Å²) in [5.41, 5.74) is 0.628. The van der Waals surface area contributed by atoms with Gasteiger partial charge in [-0.1, -0.05) is 42.8 Å². The molecule has 4 rings (SSSR count). The summed E-state index contributed by atoms with van der Waals surface area (Å²) in [5, 5.41) is 2.88. The molecule has 2 aliphatic rings. The molecular formula is C22H21F3N2O3. The van der Waals surface area contributed by atoms with Crippen LogP contribution in [0, 0.1) is 0 Å². The summed E-state index contributed by atoms with van der Waals surface area (Å²) in [5.74, 6) is -0.901. The Morgan fingerprint density at radius 3 is 2.47 bits per heavy atom. The third-order valence-electron chi connectivity index (χ3n) is 5.84. The van der Waals surface area contributed by atoms with Crippen molar-refractivity contribution in [3.05, 3.63) is 60.2 Å². The summed E-state index contributed by atoms with van der Waals surface area (Å²) in [6.07, 6.45) is -2.02. The SMILES string of the molecule is O=C1C(NC(=O)C2(c3ccccc3)CCC2)CCN1c1cccc(OC(F)(F)F)c1. The number of rotatable bonds is 5. The van der Waals surface area contributed by atoms with Crippen molar-refractivity contribution >= 4 is 17.5 Å². The lowest BCUT2D eigenvalue weighted by molar-refractivity contribution is -0.274. The Kier molecular flexibility index (Phi) is 5.17. The van der Waals surface area contributed by atoms with Gasteiger partial charge in [-0.25, -0.2) is 0 Å². The van der Waals surface area contributed by atoms with E-state index in [1.54, 1.807) is 6.07 Å². The highest BCUT2D eigenvalue weighted by Crippen LogP contribution is 2.44. The van der Waals surface area contributed by atoms with Gasteiger partial charge in [-0.2, -0.15) is 0 Å². The Labute approximate surface area is 171 Å². The largest absolute Gasteiger partial charge is 0.573 e. The molecule has 1 atom stereocenters. The van der Waals surface area contributed by atoms with Crippen LogP contribution in [0.4, 0.5) is 18.9 Å². The number of amides is 2. The van der Waals surface area contributed by atoms with Crippen molar-refractivity contribution in [2.75, 3.05) is 11.4 Å². The molecule has 2 fully saturated rings. The number of anilines is 1. The molecule has 8 heteroatoms. The van der Waals surface area contributed by atoms with Crippen molar-refractivity contribution in [3.8, 4) is 5.75 Å². The van der Waals surface area contributed by atoms with Gasteiger partial charge in [-0.3, -0.25) is 9.59 Å². The van der Waals surface area contributed by atoms with Crippen LogP contribution in [0.15, 0.2) is 54.6 Å². The molecule has 1 heterocycles. The van der Waals surface area contributed by atoms with Crippen molar-refractivity contribution in [2.45, 2.75) is 43.5 Å². The van der Waals surface area contributed by atoms with Gasteiger partial charge in [0.15, 0.2) is 0 Å². The highest BCUT2D eigenvalue weighted by molar-refractivity contribution is 6.02. The summed E-state index contributed by atoms with van der Waals surface area (Å²) < 4.78 is 41.4. The lowest BCUT2D eigenvalue weighted by Gasteiger charge is -2.41. The van der Waals surface area contributed by atoms with Crippen LogP contribution in [0.2, 0.25) is 0 Å². The number of alkyl halides is 3. The van der Waals surface area contributed by atoms with E-state index in [0.29, 0.717) is 18.7 Å². The Morgan fingerprint density at radius 2 is 1.83 bits per heavy atom. The number of benzene rings is 2. The Bertz CT molecular complexity index is 942. The van der Waals surface area contributed by atoms with Crippen molar-refractivity contribution in [3.63, 3.8) is 0 Å². The minimum absolute atomic E-state index is 0.172. The lowest BCUT2D eigenvalue weighted by atomic mass is 9.63. The second-order valence-corrected chi connectivity index (χ2v) is 7.65. The van der Waals surface area contributed by atoms with Crippen LogP contribution in [0.3, 0.4) is 0 Å². The molecule has 0 bridgehead atoms. The molecule has 0 aromatic heterocycles. The van der Waals surface area contributed by atoms with Gasteiger partial charge in [-0.15, -0.1) is 13.2 Å². The van der Waals surface area contributed by atoms with E-state index < -0.39 is 23.6 Å². The fourth-order valence-corrected chi connectivity index (χ4v) is 4.15. The van der Waals surface area contributed by atoms with Gasteiger partial charge in [0.25, 0.3) is 0 Å². The van der Waals surface area contributed by atoms with E-state index >= 15 is 0 Å². The van der Waals surface area contributed by atoms with Gasteiger partial charge < -0.3 is 15.0 Å². The quantitative estimate of drug-likeness (QED) is 0.801. The van der Waals surface area contributed by atoms with Crippen LogP contribution in [-0.4, -0.2) is 30.8 Å². The molecule has 1 saturated carbocycles. The second-order valence-electron chi connectivity index (χ2n) is 7.65. The molecule has 0 radical (unpaired) electrons. The number of halogens is 3. The fraction of sp³-hybridized carbons (Fsp3) is 0.364. The van der Waals surface area contributed by atoms with Gasteiger partial charge in [-0.05, 0) is 37.0 Å². The first-order valence-electron chi connectivity index (χ1n) is 9.82. The Hall–Kier alpha value is -3.03. The normalized spacial score (nSPS) is 20.6. The van der Waals surface area contributed by atoms with E-state index in [4.69, 9.17) is 0 Å². The predicted octanol–water partition coefficient (Wildman–Crippen LogP) is 3.93. The molecule has 1 unspecified atom stereocenters. The number of carbonyl (C=O) groups is 2. The van der Waals surface area contributed by atoms with Crippen LogP contribution in [0.1, 0.15) is 31.2 Å². The number of ether oxygens (including phenoxy) is 1. The first-order valence-corrected chi connectivity index (χ1v) is 9.82. The molecule has 1 saturated heterocycles. The van der Waals surface area contributed by atoms with Gasteiger partial charge in [0.1, 0.15) is 11.8 Å². The van der Waals surface area contributed by atoms with Crippen molar-refractivity contribution in [2.24, 2.45) is 0 Å². The first kappa shape index (κ1) is 20.3. The van der Waals surface area contributed by atoms with Crippen LogP contribution in [0.25, 0.3) is 0 Å². The molecule has 30 heavy (non-hydrogen) atoms.